The minimum Gasteiger partial charge on any atom is -0.508 e. The monoisotopic (exact) mass is 459 g/mol. The number of benzene rings is 1. The van der Waals surface area contributed by atoms with Crippen molar-refractivity contribution in [1.29, 1.82) is 0 Å². The predicted molar refractivity (Wildman–Crippen MR) is 120 cm³/mol. The number of amides is 1. The first-order chi connectivity index (χ1) is 15.4. The maximum Gasteiger partial charge on any atom is 0.275 e. The third-order valence-electron chi connectivity index (χ3n) is 5.51. The first-order valence-electron chi connectivity index (χ1n) is 10.3. The number of carbonyl (C=O) groups excluding carboxylic acids is 1. The Morgan fingerprint density at radius 3 is 2.81 bits per heavy atom. The summed E-state index contributed by atoms with van der Waals surface area (Å²) in [6.07, 6.45) is 5.19. The number of hydrogen-bond donors (Lipinski definition) is 3. The van der Waals surface area contributed by atoms with Crippen molar-refractivity contribution in [3.8, 4) is 16.3 Å². The Balaban J connectivity index is 1.56. The van der Waals surface area contributed by atoms with Crippen molar-refractivity contribution in [3.63, 3.8) is 0 Å². The van der Waals surface area contributed by atoms with Crippen LogP contribution < -0.4 is 16.0 Å². The molecule has 0 spiro atoms. The maximum absolute atomic E-state index is 14.1. The number of piperidine rings is 1. The molecule has 1 amide bonds. The third kappa shape index (κ3) is 4.56. The number of nitrogens with one attached hydrogen (secondary N) is 1. The van der Waals surface area contributed by atoms with Gasteiger partial charge in [0.1, 0.15) is 28.1 Å². The van der Waals surface area contributed by atoms with Crippen LogP contribution in [0.4, 0.5) is 20.2 Å². The van der Waals surface area contributed by atoms with Crippen LogP contribution in [-0.4, -0.2) is 40.1 Å². The summed E-state index contributed by atoms with van der Waals surface area (Å²) in [4.78, 5) is 23.2. The Kier molecular flexibility index (Phi) is 6.33. The zero-order valence-corrected chi connectivity index (χ0v) is 18.2. The van der Waals surface area contributed by atoms with Crippen LogP contribution in [0.2, 0.25) is 0 Å². The number of halogens is 2. The summed E-state index contributed by atoms with van der Waals surface area (Å²) in [5.74, 6) is -2.48. The standard InChI is InChI=1S/C22H23F2N5O2S/c1-2-12-5-13(25)10-29(9-12)19-3-4-26-8-17(19)27-21(31)18-11-32-22(28-18)20-15(23)6-14(30)7-16(20)24/h3-4,6-8,11-13,30H,2,5,9-10,25H2,1H3,(H,27,31)/t12-,13+/m1/s1. The van der Waals surface area contributed by atoms with Gasteiger partial charge in [-0.15, -0.1) is 11.3 Å². The fourth-order valence-electron chi connectivity index (χ4n) is 3.94. The molecule has 4 N–H and O–H groups in total. The number of carbonyl (C=O) groups is 1. The smallest absolute Gasteiger partial charge is 0.275 e. The quantitative estimate of drug-likeness (QED) is 0.533. The van der Waals surface area contributed by atoms with Gasteiger partial charge in [0.05, 0.1) is 23.1 Å². The molecule has 1 aliphatic heterocycles. The van der Waals surface area contributed by atoms with E-state index in [4.69, 9.17) is 5.73 Å². The van der Waals surface area contributed by atoms with E-state index in [-0.39, 0.29) is 22.3 Å². The largest absolute Gasteiger partial charge is 0.508 e. The van der Waals surface area contributed by atoms with Gasteiger partial charge in [-0.25, -0.2) is 13.8 Å². The van der Waals surface area contributed by atoms with E-state index < -0.39 is 23.3 Å². The van der Waals surface area contributed by atoms with E-state index in [1.807, 2.05) is 6.07 Å². The Morgan fingerprint density at radius 1 is 1.34 bits per heavy atom. The molecular weight excluding hydrogens is 436 g/mol. The van der Waals surface area contributed by atoms with Crippen LogP contribution in [0.3, 0.4) is 0 Å². The van der Waals surface area contributed by atoms with Crippen molar-refractivity contribution in [2.24, 2.45) is 11.7 Å². The lowest BCUT2D eigenvalue weighted by molar-refractivity contribution is 0.102. The van der Waals surface area contributed by atoms with Gasteiger partial charge in [0, 0.05) is 42.8 Å². The van der Waals surface area contributed by atoms with Crippen LogP contribution in [0.1, 0.15) is 30.3 Å². The van der Waals surface area contributed by atoms with E-state index in [0.717, 1.165) is 48.5 Å². The minimum atomic E-state index is -0.953. The van der Waals surface area contributed by atoms with Gasteiger partial charge >= 0.3 is 0 Å². The van der Waals surface area contributed by atoms with Crippen LogP contribution in [-0.2, 0) is 0 Å². The van der Waals surface area contributed by atoms with E-state index >= 15 is 0 Å². The maximum atomic E-state index is 14.1. The van der Waals surface area contributed by atoms with Crippen molar-refractivity contribution in [2.45, 2.75) is 25.8 Å². The van der Waals surface area contributed by atoms with E-state index in [9.17, 15) is 18.7 Å². The summed E-state index contributed by atoms with van der Waals surface area (Å²) < 4.78 is 28.3. The van der Waals surface area contributed by atoms with Crippen molar-refractivity contribution in [1.82, 2.24) is 9.97 Å². The molecule has 0 radical (unpaired) electrons. The second kappa shape index (κ2) is 9.17. The number of aromatic nitrogens is 2. The van der Waals surface area contributed by atoms with Gasteiger partial charge in [0.25, 0.3) is 5.91 Å². The molecule has 10 heteroatoms. The Morgan fingerprint density at radius 2 is 2.09 bits per heavy atom. The molecule has 1 saturated heterocycles. The number of phenolic OH excluding ortho intramolecular Hbond substituents is 1. The van der Waals surface area contributed by atoms with Crippen LogP contribution in [0, 0.1) is 17.6 Å². The molecular formula is C22H23F2N5O2S. The molecule has 7 nitrogen and oxygen atoms in total. The Bertz CT molecular complexity index is 1120. The van der Waals surface area contributed by atoms with Crippen LogP contribution in [0.25, 0.3) is 10.6 Å². The summed E-state index contributed by atoms with van der Waals surface area (Å²) >= 11 is 0.935. The highest BCUT2D eigenvalue weighted by Gasteiger charge is 2.26. The van der Waals surface area contributed by atoms with E-state index in [2.05, 4.69) is 27.1 Å². The average molecular weight is 460 g/mol. The lowest BCUT2D eigenvalue weighted by Crippen LogP contribution is -2.47. The molecule has 1 aliphatic rings. The van der Waals surface area contributed by atoms with Crippen molar-refractivity contribution < 1.29 is 18.7 Å². The molecule has 0 unspecified atom stereocenters. The number of aromatic hydroxyl groups is 1. The first-order valence-corrected chi connectivity index (χ1v) is 11.1. The predicted octanol–water partition coefficient (Wildman–Crippen LogP) is 4.00. The Labute approximate surface area is 187 Å². The van der Waals surface area contributed by atoms with Gasteiger partial charge in [-0.05, 0) is 18.4 Å². The van der Waals surface area contributed by atoms with Crippen LogP contribution in [0.15, 0.2) is 36.0 Å². The fourth-order valence-corrected chi connectivity index (χ4v) is 4.79. The number of pyridine rings is 1. The highest BCUT2D eigenvalue weighted by Crippen LogP contribution is 2.33. The molecule has 0 saturated carbocycles. The summed E-state index contributed by atoms with van der Waals surface area (Å²) in [5.41, 5.74) is 7.19. The topological polar surface area (TPSA) is 104 Å². The summed E-state index contributed by atoms with van der Waals surface area (Å²) in [6, 6.07) is 3.47. The number of nitrogens with zero attached hydrogens (tertiary/aromatic N) is 3. The molecule has 3 aromatic rings. The molecule has 32 heavy (non-hydrogen) atoms. The first kappa shape index (κ1) is 22.1. The van der Waals surface area contributed by atoms with Gasteiger partial charge in [0.2, 0.25) is 0 Å². The molecule has 2 aromatic heterocycles. The summed E-state index contributed by atoms with van der Waals surface area (Å²) in [6.45, 7) is 3.64. The molecule has 3 heterocycles. The number of hydrogen-bond acceptors (Lipinski definition) is 7. The molecule has 2 atom stereocenters. The fraction of sp³-hybridized carbons (Fsp3) is 0.318. The lowest BCUT2D eigenvalue weighted by Gasteiger charge is -2.38. The summed E-state index contributed by atoms with van der Waals surface area (Å²) in [7, 11) is 0. The van der Waals surface area contributed by atoms with Gasteiger partial charge < -0.3 is 21.1 Å². The highest BCUT2D eigenvalue weighted by molar-refractivity contribution is 7.13. The van der Waals surface area contributed by atoms with Gasteiger partial charge in [-0.2, -0.15) is 0 Å². The van der Waals surface area contributed by atoms with Crippen molar-refractivity contribution >= 4 is 28.6 Å². The normalized spacial score (nSPS) is 18.6. The zero-order valence-electron chi connectivity index (χ0n) is 17.4. The number of anilines is 2. The molecule has 168 valence electrons. The molecule has 4 rings (SSSR count). The van der Waals surface area contributed by atoms with E-state index in [0.29, 0.717) is 18.2 Å². The van der Waals surface area contributed by atoms with E-state index in [1.165, 1.54) is 5.38 Å². The molecule has 1 fully saturated rings. The number of rotatable bonds is 5. The number of nitrogens with two attached hydrogens (primary N) is 1. The second-order valence-electron chi connectivity index (χ2n) is 7.84. The molecule has 0 aliphatic carbocycles. The average Bonchev–Trinajstić information content (AvgIpc) is 3.22. The highest BCUT2D eigenvalue weighted by atomic mass is 32.1. The number of thiazole rings is 1. The number of phenols is 1. The Hall–Kier alpha value is -3.11. The molecule has 1 aromatic carbocycles. The molecule has 0 bridgehead atoms. The van der Waals surface area contributed by atoms with Gasteiger partial charge in [0.15, 0.2) is 0 Å². The minimum absolute atomic E-state index is 0.00403. The third-order valence-corrected chi connectivity index (χ3v) is 6.37. The zero-order chi connectivity index (χ0) is 22.8. The van der Waals surface area contributed by atoms with Crippen LogP contribution in [0.5, 0.6) is 5.75 Å². The summed E-state index contributed by atoms with van der Waals surface area (Å²) in [5, 5.41) is 13.6. The van der Waals surface area contributed by atoms with Crippen LogP contribution >= 0.6 is 11.3 Å². The van der Waals surface area contributed by atoms with E-state index in [1.54, 1.807) is 12.4 Å². The lowest BCUT2D eigenvalue weighted by atomic mass is 9.92. The van der Waals surface area contributed by atoms with Gasteiger partial charge in [-0.1, -0.05) is 13.3 Å². The van der Waals surface area contributed by atoms with Crippen molar-refractivity contribution in [3.05, 3.63) is 53.3 Å². The van der Waals surface area contributed by atoms with Gasteiger partial charge in [-0.3, -0.25) is 9.78 Å². The van der Waals surface area contributed by atoms with Crippen molar-refractivity contribution in [2.75, 3.05) is 23.3 Å². The second-order valence-corrected chi connectivity index (χ2v) is 8.70. The SMILES string of the molecule is CC[C@@H]1C[C@H](N)CN(c2ccncc2NC(=O)c2csc(-c3c(F)cc(O)cc3F)n2)C1.